The van der Waals surface area contributed by atoms with E-state index in [-0.39, 0.29) is 17.2 Å². The van der Waals surface area contributed by atoms with Gasteiger partial charge in [-0.3, -0.25) is 4.79 Å². The molecule has 0 aliphatic heterocycles. The van der Waals surface area contributed by atoms with Crippen LogP contribution in [0, 0.1) is 0 Å². The van der Waals surface area contributed by atoms with Crippen LogP contribution in [0.15, 0.2) is 48.2 Å². The molecule has 7 heteroatoms. The van der Waals surface area contributed by atoms with Crippen LogP contribution in [0.5, 0.6) is 17.2 Å². The predicted octanol–water partition coefficient (Wildman–Crippen LogP) is 2.05. The summed E-state index contributed by atoms with van der Waals surface area (Å²) in [6.45, 7) is 0. The second-order valence-electron chi connectivity index (χ2n) is 4.98. The molecule has 0 saturated heterocycles. The minimum Gasteiger partial charge on any atom is -0.504 e. The Morgan fingerprint density at radius 1 is 1.04 bits per heavy atom. The van der Waals surface area contributed by atoms with Crippen molar-refractivity contribution in [1.29, 1.82) is 0 Å². The van der Waals surface area contributed by atoms with Gasteiger partial charge in [-0.05, 0) is 42.0 Å². The number of phenols is 2. The summed E-state index contributed by atoms with van der Waals surface area (Å²) in [4.78, 5) is 24.3. The summed E-state index contributed by atoms with van der Waals surface area (Å²) in [5.74, 6) is -1.43. The highest BCUT2D eigenvalue weighted by Crippen LogP contribution is 2.26. The zero-order chi connectivity index (χ0) is 18.4. The average Bonchev–Trinajstić information content (AvgIpc) is 2.63. The van der Waals surface area contributed by atoms with Crippen molar-refractivity contribution in [2.24, 2.45) is 0 Å². The SMILES string of the molecule is COC(=O)/C(=C\c1ccc(O)c(O)c1)NC(=O)c1cccc(OC)c1. The van der Waals surface area contributed by atoms with Crippen molar-refractivity contribution in [3.63, 3.8) is 0 Å². The third kappa shape index (κ3) is 4.51. The molecule has 0 aromatic heterocycles. The van der Waals surface area contributed by atoms with Gasteiger partial charge < -0.3 is 25.0 Å². The van der Waals surface area contributed by atoms with Gasteiger partial charge in [0.2, 0.25) is 0 Å². The molecule has 2 rings (SSSR count). The van der Waals surface area contributed by atoms with E-state index in [1.54, 1.807) is 18.2 Å². The van der Waals surface area contributed by atoms with Gasteiger partial charge in [0.25, 0.3) is 5.91 Å². The normalized spacial score (nSPS) is 10.9. The molecular weight excluding hydrogens is 326 g/mol. The van der Waals surface area contributed by atoms with E-state index in [4.69, 9.17) is 4.74 Å². The molecule has 0 spiro atoms. The maximum atomic E-state index is 12.4. The number of rotatable bonds is 5. The van der Waals surface area contributed by atoms with E-state index in [9.17, 15) is 19.8 Å². The fourth-order valence-electron chi connectivity index (χ4n) is 2.01. The van der Waals surface area contributed by atoms with E-state index >= 15 is 0 Å². The van der Waals surface area contributed by atoms with E-state index in [0.717, 1.165) is 0 Å². The Kier molecular flexibility index (Phi) is 5.62. The summed E-state index contributed by atoms with van der Waals surface area (Å²) in [5.41, 5.74) is 0.560. The Labute approximate surface area is 144 Å². The van der Waals surface area contributed by atoms with Crippen molar-refractivity contribution in [3.05, 3.63) is 59.3 Å². The maximum absolute atomic E-state index is 12.4. The Balaban J connectivity index is 2.31. The van der Waals surface area contributed by atoms with Crippen LogP contribution in [-0.2, 0) is 9.53 Å². The standard InChI is InChI=1S/C18H17NO6/c1-24-13-5-3-4-12(10-13)17(22)19-14(18(23)25-2)8-11-6-7-15(20)16(21)9-11/h3-10,20-21H,1-2H3,(H,19,22)/b14-8+. The highest BCUT2D eigenvalue weighted by molar-refractivity contribution is 6.03. The molecule has 0 heterocycles. The Morgan fingerprint density at radius 2 is 1.80 bits per heavy atom. The van der Waals surface area contributed by atoms with Gasteiger partial charge in [0, 0.05) is 5.56 Å². The molecule has 0 bridgehead atoms. The topological polar surface area (TPSA) is 105 Å². The van der Waals surface area contributed by atoms with Crippen LogP contribution < -0.4 is 10.1 Å². The quantitative estimate of drug-likeness (QED) is 0.436. The number of esters is 1. The molecule has 1 amide bonds. The van der Waals surface area contributed by atoms with Crippen molar-refractivity contribution >= 4 is 18.0 Å². The predicted molar refractivity (Wildman–Crippen MR) is 90.2 cm³/mol. The van der Waals surface area contributed by atoms with Gasteiger partial charge in [-0.1, -0.05) is 12.1 Å². The van der Waals surface area contributed by atoms with E-state index in [2.05, 4.69) is 10.1 Å². The van der Waals surface area contributed by atoms with Gasteiger partial charge in [0.05, 0.1) is 14.2 Å². The molecule has 0 fully saturated rings. The molecule has 0 aliphatic rings. The second-order valence-corrected chi connectivity index (χ2v) is 4.98. The number of nitrogens with one attached hydrogen (secondary N) is 1. The van der Waals surface area contributed by atoms with Crippen molar-refractivity contribution in [2.45, 2.75) is 0 Å². The number of ether oxygens (including phenoxy) is 2. The zero-order valence-corrected chi connectivity index (χ0v) is 13.6. The molecule has 130 valence electrons. The van der Waals surface area contributed by atoms with Crippen molar-refractivity contribution in [3.8, 4) is 17.2 Å². The van der Waals surface area contributed by atoms with Gasteiger partial charge in [0.15, 0.2) is 11.5 Å². The summed E-state index contributed by atoms with van der Waals surface area (Å²) >= 11 is 0. The fraction of sp³-hybridized carbons (Fsp3) is 0.111. The van der Waals surface area contributed by atoms with Crippen molar-refractivity contribution in [2.75, 3.05) is 14.2 Å². The first-order valence-corrected chi connectivity index (χ1v) is 7.22. The number of methoxy groups -OCH3 is 2. The summed E-state index contributed by atoms with van der Waals surface area (Å²) < 4.78 is 9.72. The molecule has 0 atom stereocenters. The number of amides is 1. The number of benzene rings is 2. The summed E-state index contributed by atoms with van der Waals surface area (Å²) in [6, 6.07) is 10.4. The number of carbonyl (C=O) groups is 2. The van der Waals surface area contributed by atoms with Crippen LogP contribution in [0.3, 0.4) is 0 Å². The Hall–Kier alpha value is -3.48. The first-order valence-electron chi connectivity index (χ1n) is 7.22. The summed E-state index contributed by atoms with van der Waals surface area (Å²) in [6.07, 6.45) is 1.32. The average molecular weight is 343 g/mol. The molecule has 0 saturated carbocycles. The highest BCUT2D eigenvalue weighted by Gasteiger charge is 2.15. The molecule has 0 radical (unpaired) electrons. The molecule has 0 unspecified atom stereocenters. The summed E-state index contributed by atoms with van der Waals surface area (Å²) in [5, 5.41) is 21.3. The smallest absolute Gasteiger partial charge is 0.354 e. The van der Waals surface area contributed by atoms with Crippen LogP contribution in [0.4, 0.5) is 0 Å². The van der Waals surface area contributed by atoms with E-state index < -0.39 is 11.9 Å². The van der Waals surface area contributed by atoms with Crippen molar-refractivity contribution in [1.82, 2.24) is 5.32 Å². The molecule has 0 aliphatic carbocycles. The second kappa shape index (κ2) is 7.87. The number of hydrogen-bond acceptors (Lipinski definition) is 6. The largest absolute Gasteiger partial charge is 0.504 e. The Morgan fingerprint density at radius 3 is 2.44 bits per heavy atom. The van der Waals surface area contributed by atoms with Gasteiger partial charge in [-0.25, -0.2) is 4.79 Å². The molecule has 3 N–H and O–H groups in total. The van der Waals surface area contributed by atoms with Crippen LogP contribution in [0.25, 0.3) is 6.08 Å². The van der Waals surface area contributed by atoms with Gasteiger partial charge in [-0.15, -0.1) is 0 Å². The van der Waals surface area contributed by atoms with Crippen LogP contribution >= 0.6 is 0 Å². The lowest BCUT2D eigenvalue weighted by Crippen LogP contribution is -2.28. The molecule has 7 nitrogen and oxygen atoms in total. The zero-order valence-electron chi connectivity index (χ0n) is 13.6. The number of hydrogen-bond donors (Lipinski definition) is 3. The molecule has 2 aromatic carbocycles. The minimum absolute atomic E-state index is 0.125. The fourth-order valence-corrected chi connectivity index (χ4v) is 2.01. The lowest BCUT2D eigenvalue weighted by molar-refractivity contribution is -0.136. The Bertz CT molecular complexity index is 828. The van der Waals surface area contributed by atoms with Crippen LogP contribution in [-0.4, -0.2) is 36.3 Å². The number of phenolic OH excluding ortho intramolecular Hbond substituents is 2. The number of aromatic hydroxyl groups is 2. The molecular formula is C18H17NO6. The lowest BCUT2D eigenvalue weighted by atomic mass is 10.1. The first kappa shape index (κ1) is 17.9. The minimum atomic E-state index is -0.760. The third-order valence-corrected chi connectivity index (χ3v) is 3.30. The lowest BCUT2D eigenvalue weighted by Gasteiger charge is -2.09. The maximum Gasteiger partial charge on any atom is 0.354 e. The van der Waals surface area contributed by atoms with E-state index in [1.165, 1.54) is 44.6 Å². The van der Waals surface area contributed by atoms with Crippen molar-refractivity contribution < 1.29 is 29.3 Å². The molecule has 25 heavy (non-hydrogen) atoms. The highest BCUT2D eigenvalue weighted by atomic mass is 16.5. The molecule has 2 aromatic rings. The monoisotopic (exact) mass is 343 g/mol. The first-order chi connectivity index (χ1) is 11.9. The third-order valence-electron chi connectivity index (χ3n) is 3.30. The van der Waals surface area contributed by atoms with E-state index in [0.29, 0.717) is 16.9 Å². The van der Waals surface area contributed by atoms with Gasteiger partial charge in [-0.2, -0.15) is 0 Å². The van der Waals surface area contributed by atoms with E-state index in [1.807, 2.05) is 0 Å². The van der Waals surface area contributed by atoms with Gasteiger partial charge >= 0.3 is 5.97 Å². The van der Waals surface area contributed by atoms with Crippen LogP contribution in [0.1, 0.15) is 15.9 Å². The van der Waals surface area contributed by atoms with Gasteiger partial charge in [0.1, 0.15) is 11.4 Å². The summed E-state index contributed by atoms with van der Waals surface area (Å²) in [7, 11) is 2.66. The van der Waals surface area contributed by atoms with Crippen LogP contribution in [0.2, 0.25) is 0 Å². The number of carbonyl (C=O) groups excluding carboxylic acids is 2.